The second kappa shape index (κ2) is 4.53. The lowest BCUT2D eigenvalue weighted by atomic mass is 9.97. The molecule has 2 atom stereocenters. The van der Waals surface area contributed by atoms with Crippen LogP contribution in [0.4, 0.5) is 4.39 Å². The summed E-state index contributed by atoms with van der Waals surface area (Å²) in [5, 5.41) is 9.74. The average Bonchev–Trinajstić information content (AvgIpc) is 2.16. The van der Waals surface area contributed by atoms with Gasteiger partial charge in [0.15, 0.2) is 0 Å². The second-order valence-electron chi connectivity index (χ2n) is 3.50. The molecule has 1 rings (SSSR count). The number of rotatable bonds is 3. The van der Waals surface area contributed by atoms with Gasteiger partial charge in [0.1, 0.15) is 5.82 Å². The first-order valence-corrected chi connectivity index (χ1v) is 4.78. The summed E-state index contributed by atoms with van der Waals surface area (Å²) in [4.78, 5) is 0. The first-order chi connectivity index (χ1) is 6.56. The molecular weight excluding hydrogens is 181 g/mol. The summed E-state index contributed by atoms with van der Waals surface area (Å²) in [7, 11) is 0. The van der Waals surface area contributed by atoms with Gasteiger partial charge in [0.25, 0.3) is 0 Å². The van der Waals surface area contributed by atoms with Crippen LogP contribution in [0.25, 0.3) is 0 Å². The minimum Gasteiger partial charge on any atom is -0.387 e. The van der Waals surface area contributed by atoms with Crippen LogP contribution in [-0.4, -0.2) is 11.1 Å². The fourth-order valence-electron chi connectivity index (χ4n) is 1.45. The van der Waals surface area contributed by atoms with Crippen molar-refractivity contribution in [2.24, 2.45) is 5.73 Å². The summed E-state index contributed by atoms with van der Waals surface area (Å²) in [5.41, 5.74) is 7.11. The van der Waals surface area contributed by atoms with Gasteiger partial charge in [-0.3, -0.25) is 0 Å². The molecule has 14 heavy (non-hydrogen) atoms. The summed E-state index contributed by atoms with van der Waals surface area (Å²) in [6, 6.07) is 4.06. The molecule has 0 aliphatic rings. The van der Waals surface area contributed by atoms with Crippen molar-refractivity contribution in [2.45, 2.75) is 32.4 Å². The number of aliphatic hydroxyl groups is 1. The Kier molecular flexibility index (Phi) is 3.61. The van der Waals surface area contributed by atoms with E-state index in [4.69, 9.17) is 5.73 Å². The molecule has 0 bridgehead atoms. The maximum Gasteiger partial charge on any atom is 0.123 e. The molecule has 2 nitrogen and oxygen atoms in total. The maximum absolute atomic E-state index is 13.0. The molecule has 3 heteroatoms. The van der Waals surface area contributed by atoms with Crippen LogP contribution >= 0.6 is 0 Å². The molecule has 0 saturated carbocycles. The van der Waals surface area contributed by atoms with Gasteiger partial charge in [0.2, 0.25) is 0 Å². The molecule has 0 fully saturated rings. The van der Waals surface area contributed by atoms with Crippen molar-refractivity contribution < 1.29 is 9.50 Å². The minimum atomic E-state index is -0.791. The van der Waals surface area contributed by atoms with E-state index in [0.717, 1.165) is 12.0 Å². The smallest absolute Gasteiger partial charge is 0.123 e. The van der Waals surface area contributed by atoms with E-state index >= 15 is 0 Å². The van der Waals surface area contributed by atoms with Gasteiger partial charge < -0.3 is 10.8 Å². The SMILES string of the molecule is CCc1ccc(F)cc1C(O)C(C)N. The Bertz CT molecular complexity index is 312. The van der Waals surface area contributed by atoms with E-state index in [1.807, 2.05) is 6.92 Å². The Morgan fingerprint density at radius 3 is 2.64 bits per heavy atom. The van der Waals surface area contributed by atoms with Gasteiger partial charge in [-0.15, -0.1) is 0 Å². The third-order valence-corrected chi connectivity index (χ3v) is 2.31. The van der Waals surface area contributed by atoms with Crippen molar-refractivity contribution in [3.8, 4) is 0 Å². The van der Waals surface area contributed by atoms with Crippen molar-refractivity contribution in [3.05, 3.63) is 35.1 Å². The number of halogens is 1. The highest BCUT2D eigenvalue weighted by Gasteiger charge is 2.16. The molecular formula is C11H16FNO. The predicted molar refractivity (Wildman–Crippen MR) is 54.4 cm³/mol. The number of benzene rings is 1. The highest BCUT2D eigenvalue weighted by atomic mass is 19.1. The highest BCUT2D eigenvalue weighted by Crippen LogP contribution is 2.21. The molecule has 3 N–H and O–H groups in total. The standard InChI is InChI=1S/C11H16FNO/c1-3-8-4-5-9(12)6-10(8)11(14)7(2)13/h4-7,11,14H,3,13H2,1-2H3. The van der Waals surface area contributed by atoms with Crippen LogP contribution in [0.5, 0.6) is 0 Å². The zero-order chi connectivity index (χ0) is 10.7. The monoisotopic (exact) mass is 197 g/mol. The first-order valence-electron chi connectivity index (χ1n) is 4.78. The minimum absolute atomic E-state index is 0.336. The summed E-state index contributed by atoms with van der Waals surface area (Å²) in [6.07, 6.45) is -0.0278. The molecule has 2 unspecified atom stereocenters. The Morgan fingerprint density at radius 2 is 2.14 bits per heavy atom. The summed E-state index contributed by atoms with van der Waals surface area (Å²) in [5.74, 6) is -0.336. The number of nitrogens with two attached hydrogens (primary N) is 1. The van der Waals surface area contributed by atoms with Crippen LogP contribution in [0.3, 0.4) is 0 Å². The van der Waals surface area contributed by atoms with Crippen LogP contribution in [0.2, 0.25) is 0 Å². The molecule has 0 heterocycles. The molecule has 0 aliphatic heterocycles. The second-order valence-corrected chi connectivity index (χ2v) is 3.50. The van der Waals surface area contributed by atoms with E-state index in [-0.39, 0.29) is 11.9 Å². The molecule has 0 aliphatic carbocycles. The molecule has 0 amide bonds. The topological polar surface area (TPSA) is 46.2 Å². The Morgan fingerprint density at radius 1 is 1.50 bits per heavy atom. The Hall–Kier alpha value is -0.930. The number of hydrogen-bond acceptors (Lipinski definition) is 2. The lowest BCUT2D eigenvalue weighted by Crippen LogP contribution is -2.25. The van der Waals surface area contributed by atoms with Crippen LogP contribution in [-0.2, 0) is 6.42 Å². The van der Waals surface area contributed by atoms with Gasteiger partial charge in [0, 0.05) is 6.04 Å². The van der Waals surface area contributed by atoms with Crippen LogP contribution in [0.1, 0.15) is 31.1 Å². The summed E-state index contributed by atoms with van der Waals surface area (Å²) in [6.45, 7) is 3.67. The fourth-order valence-corrected chi connectivity index (χ4v) is 1.45. The Labute approximate surface area is 83.6 Å². The maximum atomic E-state index is 13.0. The summed E-state index contributed by atoms with van der Waals surface area (Å²) >= 11 is 0. The highest BCUT2D eigenvalue weighted by molar-refractivity contribution is 5.30. The van der Waals surface area contributed by atoms with Gasteiger partial charge in [0.05, 0.1) is 6.10 Å². The molecule has 0 spiro atoms. The molecule has 78 valence electrons. The van der Waals surface area contributed by atoms with Crippen molar-refractivity contribution in [3.63, 3.8) is 0 Å². The van der Waals surface area contributed by atoms with E-state index in [2.05, 4.69) is 0 Å². The van der Waals surface area contributed by atoms with Crippen molar-refractivity contribution in [2.75, 3.05) is 0 Å². The van der Waals surface area contributed by atoms with E-state index in [1.165, 1.54) is 12.1 Å². The average molecular weight is 197 g/mol. The zero-order valence-corrected chi connectivity index (χ0v) is 8.50. The molecule has 1 aromatic rings. The third kappa shape index (κ3) is 2.30. The van der Waals surface area contributed by atoms with E-state index < -0.39 is 6.10 Å². The summed E-state index contributed by atoms with van der Waals surface area (Å²) < 4.78 is 13.0. The molecule has 0 saturated heterocycles. The predicted octanol–water partition coefficient (Wildman–Crippen LogP) is 1.77. The van der Waals surface area contributed by atoms with Gasteiger partial charge >= 0.3 is 0 Å². The van der Waals surface area contributed by atoms with Crippen molar-refractivity contribution in [1.29, 1.82) is 0 Å². The number of aryl methyl sites for hydroxylation is 1. The van der Waals surface area contributed by atoms with Crippen LogP contribution in [0.15, 0.2) is 18.2 Å². The lowest BCUT2D eigenvalue weighted by Gasteiger charge is -2.18. The van der Waals surface area contributed by atoms with Gasteiger partial charge in [-0.05, 0) is 36.6 Å². The normalized spacial score (nSPS) is 15.2. The third-order valence-electron chi connectivity index (χ3n) is 2.31. The van der Waals surface area contributed by atoms with Crippen molar-refractivity contribution >= 4 is 0 Å². The number of aliphatic hydroxyl groups excluding tert-OH is 1. The molecule has 0 aromatic heterocycles. The fraction of sp³-hybridized carbons (Fsp3) is 0.455. The molecule has 0 radical (unpaired) electrons. The quantitative estimate of drug-likeness (QED) is 0.775. The first kappa shape index (κ1) is 11.1. The van der Waals surface area contributed by atoms with Crippen LogP contribution in [0, 0.1) is 5.82 Å². The largest absolute Gasteiger partial charge is 0.387 e. The zero-order valence-electron chi connectivity index (χ0n) is 8.50. The van der Waals surface area contributed by atoms with Gasteiger partial charge in [-0.2, -0.15) is 0 Å². The number of hydrogen-bond donors (Lipinski definition) is 2. The lowest BCUT2D eigenvalue weighted by molar-refractivity contribution is 0.152. The van der Waals surface area contributed by atoms with E-state index in [0.29, 0.717) is 5.56 Å². The van der Waals surface area contributed by atoms with Crippen LogP contribution < -0.4 is 5.73 Å². The van der Waals surface area contributed by atoms with Gasteiger partial charge in [-0.25, -0.2) is 4.39 Å². The van der Waals surface area contributed by atoms with Crippen molar-refractivity contribution in [1.82, 2.24) is 0 Å². The van der Waals surface area contributed by atoms with E-state index in [9.17, 15) is 9.50 Å². The Balaban J connectivity index is 3.10. The van der Waals surface area contributed by atoms with E-state index in [1.54, 1.807) is 13.0 Å². The van der Waals surface area contributed by atoms with Gasteiger partial charge in [-0.1, -0.05) is 13.0 Å². The molecule has 1 aromatic carbocycles.